The molecule has 0 aromatic carbocycles. The number of carbonyl (C=O) groups is 2. The molecule has 0 aromatic heterocycles. The molecule has 136 valence electrons. The van der Waals surface area contributed by atoms with Crippen LogP contribution in [0.1, 0.15) is 58.8 Å². The maximum atomic E-state index is 13.0. The monoisotopic (exact) mass is 335 g/mol. The number of likely N-dealkylation sites (tertiary alicyclic amines) is 1. The molecule has 1 aliphatic carbocycles. The van der Waals surface area contributed by atoms with Crippen LogP contribution in [0.5, 0.6) is 0 Å². The van der Waals surface area contributed by atoms with Crippen molar-refractivity contribution in [3.63, 3.8) is 0 Å². The Hall–Kier alpha value is -1.10. The van der Waals surface area contributed by atoms with Crippen LogP contribution in [0.15, 0.2) is 0 Å². The second-order valence-electron chi connectivity index (χ2n) is 8.46. The molecule has 24 heavy (non-hydrogen) atoms. The number of carbonyl (C=O) groups excluding carboxylic acids is 2. The van der Waals surface area contributed by atoms with E-state index in [4.69, 9.17) is 0 Å². The van der Waals surface area contributed by atoms with E-state index < -0.39 is 0 Å². The minimum absolute atomic E-state index is 0.164. The van der Waals surface area contributed by atoms with Gasteiger partial charge in [-0.2, -0.15) is 0 Å². The number of nitrogens with one attached hydrogen (secondary N) is 2. The maximum absolute atomic E-state index is 13.0. The summed E-state index contributed by atoms with van der Waals surface area (Å²) >= 11 is 0. The third-order valence-corrected chi connectivity index (χ3v) is 6.26. The van der Waals surface area contributed by atoms with E-state index in [1.54, 1.807) is 0 Å². The molecular weight excluding hydrogens is 302 g/mol. The Labute approximate surface area is 145 Å². The average molecular weight is 335 g/mol. The summed E-state index contributed by atoms with van der Waals surface area (Å²) in [6, 6.07) is 0.234. The van der Waals surface area contributed by atoms with Crippen molar-refractivity contribution < 1.29 is 9.59 Å². The number of hydrogen-bond donors (Lipinski definition) is 2. The molecule has 3 rings (SSSR count). The molecule has 0 bridgehead atoms. The highest BCUT2D eigenvalue weighted by Gasteiger charge is 2.50. The molecule has 2 saturated heterocycles. The van der Waals surface area contributed by atoms with Gasteiger partial charge in [0, 0.05) is 32.1 Å². The lowest BCUT2D eigenvalue weighted by Crippen LogP contribution is -2.53. The first-order valence-corrected chi connectivity index (χ1v) is 9.81. The number of amides is 2. The van der Waals surface area contributed by atoms with Crippen LogP contribution in [0.4, 0.5) is 0 Å². The first kappa shape index (κ1) is 17.7. The van der Waals surface area contributed by atoms with Gasteiger partial charge in [0.15, 0.2) is 0 Å². The minimum atomic E-state index is -0.164. The summed E-state index contributed by atoms with van der Waals surface area (Å²) in [6.07, 6.45) is 7.07. The SMILES string of the molecule is CC(C)CC(=O)N1CCC(NC(=O)[C@@]23CCCC[C@H]2CNC3)CC1. The molecule has 5 heteroatoms. The number of nitrogens with zero attached hydrogens (tertiary/aromatic N) is 1. The second kappa shape index (κ2) is 7.42. The summed E-state index contributed by atoms with van der Waals surface area (Å²) in [5, 5.41) is 6.78. The van der Waals surface area contributed by atoms with Gasteiger partial charge in [0.1, 0.15) is 0 Å². The van der Waals surface area contributed by atoms with Gasteiger partial charge in [-0.05, 0) is 44.1 Å². The van der Waals surface area contributed by atoms with Gasteiger partial charge in [0.25, 0.3) is 0 Å². The first-order valence-electron chi connectivity index (χ1n) is 9.81. The van der Waals surface area contributed by atoms with Crippen molar-refractivity contribution in [3.05, 3.63) is 0 Å². The molecule has 0 spiro atoms. The number of piperidine rings is 1. The van der Waals surface area contributed by atoms with Gasteiger partial charge < -0.3 is 15.5 Å². The highest BCUT2D eigenvalue weighted by atomic mass is 16.2. The van der Waals surface area contributed by atoms with Gasteiger partial charge in [-0.15, -0.1) is 0 Å². The molecule has 1 saturated carbocycles. The van der Waals surface area contributed by atoms with Crippen LogP contribution in [-0.2, 0) is 9.59 Å². The molecule has 2 amide bonds. The fourth-order valence-corrected chi connectivity index (χ4v) is 4.77. The smallest absolute Gasteiger partial charge is 0.228 e. The van der Waals surface area contributed by atoms with E-state index in [0.717, 1.165) is 45.4 Å². The van der Waals surface area contributed by atoms with Crippen molar-refractivity contribution in [3.8, 4) is 0 Å². The largest absolute Gasteiger partial charge is 0.353 e. The molecule has 2 aliphatic heterocycles. The molecule has 5 nitrogen and oxygen atoms in total. The lowest BCUT2D eigenvalue weighted by molar-refractivity contribution is -0.135. The third kappa shape index (κ3) is 3.61. The van der Waals surface area contributed by atoms with Crippen molar-refractivity contribution in [2.24, 2.45) is 17.3 Å². The molecule has 2 heterocycles. The molecule has 2 N–H and O–H groups in total. The fourth-order valence-electron chi connectivity index (χ4n) is 4.77. The first-order chi connectivity index (χ1) is 11.5. The molecule has 3 fully saturated rings. The van der Waals surface area contributed by atoms with Gasteiger partial charge in [-0.25, -0.2) is 0 Å². The molecule has 0 aromatic rings. The zero-order valence-electron chi connectivity index (χ0n) is 15.3. The van der Waals surface area contributed by atoms with Gasteiger partial charge in [-0.3, -0.25) is 9.59 Å². The minimum Gasteiger partial charge on any atom is -0.353 e. The molecule has 3 aliphatic rings. The lowest BCUT2D eigenvalue weighted by atomic mass is 9.67. The Kier molecular flexibility index (Phi) is 5.48. The van der Waals surface area contributed by atoms with E-state index >= 15 is 0 Å². The Bertz CT molecular complexity index is 471. The van der Waals surface area contributed by atoms with E-state index in [2.05, 4.69) is 24.5 Å². The molecule has 0 radical (unpaired) electrons. The van der Waals surface area contributed by atoms with Crippen LogP contribution in [0.2, 0.25) is 0 Å². The van der Waals surface area contributed by atoms with E-state index in [1.165, 1.54) is 19.3 Å². The quantitative estimate of drug-likeness (QED) is 0.825. The molecule has 2 atom stereocenters. The van der Waals surface area contributed by atoms with Crippen LogP contribution >= 0.6 is 0 Å². The van der Waals surface area contributed by atoms with Gasteiger partial charge in [0.2, 0.25) is 11.8 Å². The summed E-state index contributed by atoms with van der Waals surface area (Å²) in [6.45, 7) is 7.57. The Morgan fingerprint density at radius 1 is 1.21 bits per heavy atom. The summed E-state index contributed by atoms with van der Waals surface area (Å²) in [5.41, 5.74) is -0.164. The summed E-state index contributed by atoms with van der Waals surface area (Å²) in [7, 11) is 0. The van der Waals surface area contributed by atoms with E-state index in [1.807, 2.05) is 4.90 Å². The average Bonchev–Trinajstić information content (AvgIpc) is 3.00. The van der Waals surface area contributed by atoms with E-state index in [9.17, 15) is 9.59 Å². The van der Waals surface area contributed by atoms with Crippen molar-refractivity contribution in [1.82, 2.24) is 15.5 Å². The van der Waals surface area contributed by atoms with Crippen LogP contribution in [-0.4, -0.2) is 48.9 Å². The van der Waals surface area contributed by atoms with Crippen molar-refractivity contribution in [1.29, 1.82) is 0 Å². The van der Waals surface area contributed by atoms with Crippen molar-refractivity contribution in [2.75, 3.05) is 26.2 Å². The topological polar surface area (TPSA) is 61.4 Å². The molecule has 0 unspecified atom stereocenters. The Morgan fingerprint density at radius 2 is 1.96 bits per heavy atom. The number of hydrogen-bond acceptors (Lipinski definition) is 3. The standard InChI is InChI=1S/C19H33N3O2/c1-14(2)11-17(23)22-9-6-16(7-10-22)21-18(24)19-8-4-3-5-15(19)12-20-13-19/h14-16,20H,3-13H2,1-2H3,(H,21,24)/t15-,19+/m0/s1. The van der Waals surface area contributed by atoms with Crippen molar-refractivity contribution in [2.45, 2.75) is 64.8 Å². The fraction of sp³-hybridized carbons (Fsp3) is 0.895. The Morgan fingerprint density at radius 3 is 2.67 bits per heavy atom. The third-order valence-electron chi connectivity index (χ3n) is 6.26. The molecular formula is C19H33N3O2. The summed E-state index contributed by atoms with van der Waals surface area (Å²) in [4.78, 5) is 27.1. The lowest BCUT2D eigenvalue weighted by Gasteiger charge is -2.39. The zero-order valence-corrected chi connectivity index (χ0v) is 15.3. The zero-order chi connectivity index (χ0) is 17.2. The van der Waals surface area contributed by atoms with Crippen LogP contribution < -0.4 is 10.6 Å². The highest BCUT2D eigenvalue weighted by molar-refractivity contribution is 5.84. The number of fused-ring (bicyclic) bond motifs is 1. The van der Waals surface area contributed by atoms with Gasteiger partial charge in [-0.1, -0.05) is 26.7 Å². The second-order valence-corrected chi connectivity index (χ2v) is 8.46. The van der Waals surface area contributed by atoms with Crippen LogP contribution in [0.25, 0.3) is 0 Å². The number of rotatable bonds is 4. The summed E-state index contributed by atoms with van der Waals surface area (Å²) in [5.74, 6) is 1.45. The highest BCUT2D eigenvalue weighted by Crippen LogP contribution is 2.44. The normalized spacial score (nSPS) is 31.1. The van der Waals surface area contributed by atoms with Crippen LogP contribution in [0.3, 0.4) is 0 Å². The Balaban J connectivity index is 1.51. The van der Waals surface area contributed by atoms with Crippen LogP contribution in [0, 0.1) is 17.3 Å². The summed E-state index contributed by atoms with van der Waals surface area (Å²) < 4.78 is 0. The van der Waals surface area contributed by atoms with Crippen molar-refractivity contribution >= 4 is 11.8 Å². The predicted octanol–water partition coefficient (Wildman–Crippen LogP) is 1.92. The van der Waals surface area contributed by atoms with E-state index in [0.29, 0.717) is 18.3 Å². The van der Waals surface area contributed by atoms with Gasteiger partial charge in [0.05, 0.1) is 5.41 Å². The predicted molar refractivity (Wildman–Crippen MR) is 94.5 cm³/mol. The van der Waals surface area contributed by atoms with Gasteiger partial charge >= 0.3 is 0 Å². The maximum Gasteiger partial charge on any atom is 0.228 e. The van der Waals surface area contributed by atoms with E-state index in [-0.39, 0.29) is 23.3 Å².